The lowest BCUT2D eigenvalue weighted by atomic mass is 10.0. The molecule has 0 saturated carbocycles. The molecule has 0 aliphatic carbocycles. The highest BCUT2D eigenvalue weighted by Crippen LogP contribution is 2.15. The fourth-order valence-electron chi connectivity index (χ4n) is 1.50. The van der Waals surface area contributed by atoms with E-state index in [1.165, 1.54) is 0 Å². The normalized spacial score (nSPS) is 13.9. The number of hydrogen-bond donors (Lipinski definition) is 1. The maximum absolute atomic E-state index is 10.7. The van der Waals surface area contributed by atoms with E-state index >= 15 is 0 Å². The van der Waals surface area contributed by atoms with Crippen LogP contribution in [0.5, 0.6) is 0 Å². The van der Waals surface area contributed by atoms with E-state index in [1.54, 1.807) is 6.08 Å². The monoisotopic (exact) mass is 234 g/mol. The summed E-state index contributed by atoms with van der Waals surface area (Å²) in [6, 6.07) is 9.71. The van der Waals surface area contributed by atoms with Crippen molar-refractivity contribution in [3.05, 3.63) is 48.6 Å². The predicted molar refractivity (Wildman–Crippen MR) is 66.6 cm³/mol. The molecule has 0 spiro atoms. The minimum absolute atomic E-state index is 0.0000201. The summed E-state index contributed by atoms with van der Waals surface area (Å²) >= 11 is 0. The van der Waals surface area contributed by atoms with Crippen molar-refractivity contribution in [1.82, 2.24) is 0 Å². The van der Waals surface area contributed by atoms with Crippen molar-refractivity contribution in [1.29, 1.82) is 0 Å². The first kappa shape index (κ1) is 13.5. The number of aliphatic carboxylic acids is 1. The summed E-state index contributed by atoms with van der Waals surface area (Å²) < 4.78 is 5.64. The van der Waals surface area contributed by atoms with Gasteiger partial charge in [-0.3, -0.25) is 4.79 Å². The molecule has 1 aromatic rings. The predicted octanol–water partition coefficient (Wildman–Crippen LogP) is 2.87. The van der Waals surface area contributed by atoms with Crippen LogP contribution in [0.1, 0.15) is 18.9 Å². The maximum Gasteiger partial charge on any atom is 0.306 e. The highest BCUT2D eigenvalue weighted by atomic mass is 16.5. The standard InChI is InChI=1S/C14H18O3/c1-3-11(2)13(9-14(15)16)17-10-12-7-5-4-6-8-12/h3-8,11,13H,1,9-10H2,2H3,(H,15,16)/t11-,13-/m0/s1. The quantitative estimate of drug-likeness (QED) is 0.738. The largest absolute Gasteiger partial charge is 0.481 e. The summed E-state index contributed by atoms with van der Waals surface area (Å²) in [4.78, 5) is 10.7. The summed E-state index contributed by atoms with van der Waals surface area (Å²) in [5.74, 6) is -0.827. The lowest BCUT2D eigenvalue weighted by Crippen LogP contribution is -2.23. The summed E-state index contributed by atoms with van der Waals surface area (Å²) in [6.07, 6.45) is 1.39. The van der Waals surface area contributed by atoms with Crippen molar-refractivity contribution in [2.24, 2.45) is 5.92 Å². The molecule has 1 N–H and O–H groups in total. The van der Waals surface area contributed by atoms with Gasteiger partial charge in [0.1, 0.15) is 0 Å². The molecule has 0 aliphatic heterocycles. The van der Waals surface area contributed by atoms with Crippen molar-refractivity contribution >= 4 is 5.97 Å². The molecular formula is C14H18O3. The van der Waals surface area contributed by atoms with Crippen LogP contribution in [0, 0.1) is 5.92 Å². The second-order valence-corrected chi connectivity index (χ2v) is 4.03. The van der Waals surface area contributed by atoms with Crippen LogP contribution in [0.3, 0.4) is 0 Å². The molecule has 92 valence electrons. The summed E-state index contributed by atoms with van der Waals surface area (Å²) in [6.45, 7) is 6.01. The van der Waals surface area contributed by atoms with Crippen LogP contribution in [0.25, 0.3) is 0 Å². The fraction of sp³-hybridized carbons (Fsp3) is 0.357. The average Bonchev–Trinajstić information content (AvgIpc) is 2.34. The van der Waals surface area contributed by atoms with Gasteiger partial charge in [0, 0.05) is 5.92 Å². The van der Waals surface area contributed by atoms with E-state index in [0.29, 0.717) is 6.61 Å². The molecular weight excluding hydrogens is 216 g/mol. The van der Waals surface area contributed by atoms with Crippen LogP contribution in [-0.2, 0) is 16.1 Å². The number of ether oxygens (including phenoxy) is 1. The van der Waals surface area contributed by atoms with Gasteiger partial charge in [-0.05, 0) is 5.56 Å². The minimum Gasteiger partial charge on any atom is -0.481 e. The van der Waals surface area contributed by atoms with Crippen LogP contribution in [0.2, 0.25) is 0 Å². The summed E-state index contributed by atoms with van der Waals surface area (Å²) in [7, 11) is 0. The molecule has 0 unspecified atom stereocenters. The molecule has 3 nitrogen and oxygen atoms in total. The second-order valence-electron chi connectivity index (χ2n) is 4.03. The van der Waals surface area contributed by atoms with Crippen LogP contribution < -0.4 is 0 Å². The topological polar surface area (TPSA) is 46.5 Å². The molecule has 0 heterocycles. The van der Waals surface area contributed by atoms with Crippen LogP contribution in [0.4, 0.5) is 0 Å². The van der Waals surface area contributed by atoms with E-state index in [0.717, 1.165) is 5.56 Å². The molecule has 0 fully saturated rings. The van der Waals surface area contributed by atoms with Gasteiger partial charge in [0.15, 0.2) is 0 Å². The molecule has 1 rings (SSSR count). The van der Waals surface area contributed by atoms with Gasteiger partial charge in [0.2, 0.25) is 0 Å². The molecule has 1 aromatic carbocycles. The SMILES string of the molecule is C=C[C@H](C)[C@H](CC(=O)O)OCc1ccccc1. The zero-order chi connectivity index (χ0) is 12.7. The van der Waals surface area contributed by atoms with Gasteiger partial charge in [-0.2, -0.15) is 0 Å². The first-order valence-corrected chi connectivity index (χ1v) is 5.63. The molecule has 0 amide bonds. The summed E-state index contributed by atoms with van der Waals surface area (Å²) in [5, 5.41) is 8.81. The van der Waals surface area contributed by atoms with Crippen molar-refractivity contribution in [2.45, 2.75) is 26.1 Å². The fourth-order valence-corrected chi connectivity index (χ4v) is 1.50. The Kier molecular flexibility index (Phi) is 5.43. The minimum atomic E-state index is -0.850. The van der Waals surface area contributed by atoms with Crippen molar-refractivity contribution in [2.75, 3.05) is 0 Å². The van der Waals surface area contributed by atoms with Gasteiger partial charge >= 0.3 is 5.97 Å². The smallest absolute Gasteiger partial charge is 0.306 e. The number of rotatable bonds is 7. The third kappa shape index (κ3) is 4.83. The number of benzene rings is 1. The Bertz CT molecular complexity index is 359. The maximum atomic E-state index is 10.7. The Labute approximate surface area is 102 Å². The Morgan fingerprint density at radius 1 is 1.47 bits per heavy atom. The zero-order valence-electron chi connectivity index (χ0n) is 10.0. The molecule has 0 radical (unpaired) electrons. The lowest BCUT2D eigenvalue weighted by molar-refractivity contribution is -0.141. The zero-order valence-corrected chi connectivity index (χ0v) is 10.0. The molecule has 0 saturated heterocycles. The molecule has 0 aromatic heterocycles. The Balaban J connectivity index is 2.54. The van der Waals surface area contributed by atoms with Crippen molar-refractivity contribution in [3.63, 3.8) is 0 Å². The second kappa shape index (κ2) is 6.86. The van der Waals surface area contributed by atoms with E-state index in [4.69, 9.17) is 9.84 Å². The molecule has 17 heavy (non-hydrogen) atoms. The van der Waals surface area contributed by atoms with E-state index < -0.39 is 5.97 Å². The first-order valence-electron chi connectivity index (χ1n) is 5.63. The van der Waals surface area contributed by atoms with Crippen molar-refractivity contribution in [3.8, 4) is 0 Å². The first-order chi connectivity index (χ1) is 8.13. The van der Waals surface area contributed by atoms with Crippen molar-refractivity contribution < 1.29 is 14.6 Å². The Hall–Kier alpha value is -1.61. The molecule has 2 atom stereocenters. The van der Waals surface area contributed by atoms with Gasteiger partial charge in [-0.1, -0.05) is 43.3 Å². The molecule has 3 heteroatoms. The number of carbonyl (C=O) groups is 1. The molecule has 0 bridgehead atoms. The Morgan fingerprint density at radius 2 is 2.12 bits per heavy atom. The van der Waals surface area contributed by atoms with Gasteiger partial charge in [-0.25, -0.2) is 0 Å². The third-order valence-corrected chi connectivity index (χ3v) is 2.64. The van der Waals surface area contributed by atoms with Gasteiger partial charge < -0.3 is 9.84 Å². The highest BCUT2D eigenvalue weighted by Gasteiger charge is 2.18. The van der Waals surface area contributed by atoms with E-state index in [1.807, 2.05) is 37.3 Å². The van der Waals surface area contributed by atoms with E-state index in [9.17, 15) is 4.79 Å². The molecule has 0 aliphatic rings. The van der Waals surface area contributed by atoms with Crippen LogP contribution >= 0.6 is 0 Å². The Morgan fingerprint density at radius 3 is 2.65 bits per heavy atom. The van der Waals surface area contributed by atoms with Gasteiger partial charge in [-0.15, -0.1) is 6.58 Å². The van der Waals surface area contributed by atoms with Gasteiger partial charge in [0.25, 0.3) is 0 Å². The third-order valence-electron chi connectivity index (χ3n) is 2.64. The average molecular weight is 234 g/mol. The van der Waals surface area contributed by atoms with E-state index in [2.05, 4.69) is 6.58 Å². The summed E-state index contributed by atoms with van der Waals surface area (Å²) in [5.41, 5.74) is 1.04. The van der Waals surface area contributed by atoms with E-state index in [-0.39, 0.29) is 18.4 Å². The number of carboxylic acids is 1. The number of carboxylic acid groups (broad SMARTS) is 1. The number of hydrogen-bond acceptors (Lipinski definition) is 2. The highest BCUT2D eigenvalue weighted by molar-refractivity contribution is 5.67. The van der Waals surface area contributed by atoms with Crippen LogP contribution in [-0.4, -0.2) is 17.2 Å². The lowest BCUT2D eigenvalue weighted by Gasteiger charge is -2.20. The van der Waals surface area contributed by atoms with Gasteiger partial charge in [0.05, 0.1) is 19.1 Å². The van der Waals surface area contributed by atoms with Crippen LogP contribution in [0.15, 0.2) is 43.0 Å².